The molecule has 0 amide bonds. The molecule has 0 unspecified atom stereocenters. The number of rotatable bonds is 1. The fraction of sp³-hybridized carbons (Fsp3) is 0.312. The van der Waals surface area contributed by atoms with Crippen molar-refractivity contribution in [1.82, 2.24) is 15.0 Å². The van der Waals surface area contributed by atoms with Crippen molar-refractivity contribution in [3.63, 3.8) is 0 Å². The summed E-state index contributed by atoms with van der Waals surface area (Å²) < 4.78 is 44.1. The van der Waals surface area contributed by atoms with Crippen LogP contribution in [0.3, 0.4) is 0 Å². The fourth-order valence-corrected chi connectivity index (χ4v) is 3.00. The number of nitrogens with zero attached hydrogens (tertiary/aromatic N) is 4. The van der Waals surface area contributed by atoms with Gasteiger partial charge in [0.2, 0.25) is 5.71 Å². The minimum Gasteiger partial charge on any atom is -0.446 e. The molecule has 0 radical (unpaired) electrons. The molecule has 4 rings (SSSR count). The predicted octanol–water partition coefficient (Wildman–Crippen LogP) is 3.51. The Morgan fingerprint density at radius 2 is 2.04 bits per heavy atom. The molecule has 0 aromatic carbocycles. The second-order valence-corrected chi connectivity index (χ2v) is 5.80. The smallest absolute Gasteiger partial charge is 0.417 e. The van der Waals surface area contributed by atoms with Gasteiger partial charge < -0.3 is 9.32 Å². The average Bonchev–Trinajstić information content (AvgIpc) is 2.94. The molecule has 0 saturated heterocycles. The summed E-state index contributed by atoms with van der Waals surface area (Å²) in [5, 5.41) is 0.792. The summed E-state index contributed by atoms with van der Waals surface area (Å²) in [5.41, 5.74) is 1.92. The van der Waals surface area contributed by atoms with Crippen LogP contribution >= 0.6 is 0 Å². The second kappa shape index (κ2) is 5.19. The zero-order valence-corrected chi connectivity index (χ0v) is 12.8. The monoisotopic (exact) mass is 334 g/mol. The van der Waals surface area contributed by atoms with Gasteiger partial charge in [0, 0.05) is 37.0 Å². The van der Waals surface area contributed by atoms with Gasteiger partial charge in [-0.2, -0.15) is 13.2 Å². The number of hydrogen-bond acceptors (Lipinski definition) is 5. The van der Waals surface area contributed by atoms with Crippen molar-refractivity contribution in [2.24, 2.45) is 0 Å². The van der Waals surface area contributed by atoms with Gasteiger partial charge in [-0.05, 0) is 18.6 Å². The number of alkyl halides is 3. The summed E-state index contributed by atoms with van der Waals surface area (Å²) in [5.74, 6) is 0.675. The summed E-state index contributed by atoms with van der Waals surface area (Å²) in [6, 6.07) is 1.18. The van der Waals surface area contributed by atoms with Crippen LogP contribution in [0.1, 0.15) is 22.4 Å². The molecule has 0 saturated carbocycles. The molecule has 0 N–H and O–H groups in total. The predicted molar refractivity (Wildman–Crippen MR) is 80.5 cm³/mol. The summed E-state index contributed by atoms with van der Waals surface area (Å²) >= 11 is 0. The maximum atomic E-state index is 12.9. The van der Waals surface area contributed by atoms with Crippen LogP contribution in [0.2, 0.25) is 0 Å². The van der Waals surface area contributed by atoms with Crippen molar-refractivity contribution in [3.8, 4) is 0 Å². The maximum absolute atomic E-state index is 12.9. The lowest BCUT2D eigenvalue weighted by molar-refractivity contribution is -0.137. The number of fused-ring (bicyclic) bond motifs is 2. The van der Waals surface area contributed by atoms with Crippen molar-refractivity contribution in [3.05, 3.63) is 47.2 Å². The van der Waals surface area contributed by atoms with Gasteiger partial charge in [-0.15, -0.1) is 0 Å². The molecule has 24 heavy (non-hydrogen) atoms. The molecule has 0 fully saturated rings. The zero-order chi connectivity index (χ0) is 16.9. The fourth-order valence-electron chi connectivity index (χ4n) is 3.00. The summed E-state index contributed by atoms with van der Waals surface area (Å²) in [4.78, 5) is 14.3. The summed E-state index contributed by atoms with van der Waals surface area (Å²) in [7, 11) is 0. The number of anilines is 1. The van der Waals surface area contributed by atoms with Gasteiger partial charge in [0.15, 0.2) is 0 Å². The van der Waals surface area contributed by atoms with E-state index in [9.17, 15) is 13.2 Å². The molecule has 8 heteroatoms. The number of aryl methyl sites for hydroxylation is 1. The Bertz CT molecular complexity index is 919. The molecule has 3 aromatic heterocycles. The van der Waals surface area contributed by atoms with E-state index in [1.807, 2.05) is 11.8 Å². The van der Waals surface area contributed by atoms with Gasteiger partial charge in [-0.25, -0.2) is 9.97 Å². The van der Waals surface area contributed by atoms with Gasteiger partial charge in [0.25, 0.3) is 0 Å². The van der Waals surface area contributed by atoms with Gasteiger partial charge in [-0.3, -0.25) is 4.98 Å². The molecule has 124 valence electrons. The lowest BCUT2D eigenvalue weighted by atomic mass is 10.0. The molecule has 1 aliphatic heterocycles. The molecule has 0 atom stereocenters. The van der Waals surface area contributed by atoms with Crippen LogP contribution in [0.4, 0.5) is 19.0 Å². The summed E-state index contributed by atoms with van der Waals surface area (Å²) in [6.45, 7) is 2.84. The highest BCUT2D eigenvalue weighted by Gasteiger charge is 2.32. The van der Waals surface area contributed by atoms with Crippen LogP contribution in [0.5, 0.6) is 0 Å². The quantitative estimate of drug-likeness (QED) is 0.682. The third-order valence-electron chi connectivity index (χ3n) is 4.20. The molecular formula is C16H13F3N4O. The number of pyridine rings is 1. The van der Waals surface area contributed by atoms with Crippen LogP contribution < -0.4 is 4.90 Å². The zero-order valence-electron chi connectivity index (χ0n) is 12.8. The van der Waals surface area contributed by atoms with E-state index in [0.717, 1.165) is 17.1 Å². The van der Waals surface area contributed by atoms with Gasteiger partial charge in [0.05, 0.1) is 17.2 Å². The maximum Gasteiger partial charge on any atom is 0.417 e. The highest BCUT2D eigenvalue weighted by atomic mass is 19.4. The second-order valence-electron chi connectivity index (χ2n) is 5.80. The van der Waals surface area contributed by atoms with Crippen molar-refractivity contribution in [2.45, 2.75) is 26.1 Å². The van der Waals surface area contributed by atoms with Crippen LogP contribution in [0, 0.1) is 6.92 Å². The molecule has 4 heterocycles. The molecular weight excluding hydrogens is 321 g/mol. The normalized spacial score (nSPS) is 14.9. The average molecular weight is 334 g/mol. The summed E-state index contributed by atoms with van der Waals surface area (Å²) in [6.07, 6.45) is 0.0751. The lowest BCUT2D eigenvalue weighted by Crippen LogP contribution is -2.32. The number of halogens is 3. The van der Waals surface area contributed by atoms with Crippen LogP contribution in [0.25, 0.3) is 11.1 Å². The van der Waals surface area contributed by atoms with Gasteiger partial charge >= 0.3 is 6.18 Å². The Kier molecular flexibility index (Phi) is 3.22. The van der Waals surface area contributed by atoms with E-state index in [2.05, 4.69) is 15.0 Å². The van der Waals surface area contributed by atoms with Crippen LogP contribution in [-0.4, -0.2) is 21.5 Å². The van der Waals surface area contributed by atoms with Crippen molar-refractivity contribution >= 4 is 16.9 Å². The van der Waals surface area contributed by atoms with Crippen molar-refractivity contribution < 1.29 is 17.6 Å². The number of furan rings is 1. The molecule has 1 aliphatic rings. The van der Waals surface area contributed by atoms with E-state index in [-0.39, 0.29) is 0 Å². The molecule has 0 spiro atoms. The van der Waals surface area contributed by atoms with Gasteiger partial charge in [0.1, 0.15) is 12.1 Å². The third kappa shape index (κ3) is 2.38. The minimum atomic E-state index is -4.40. The van der Waals surface area contributed by atoms with E-state index < -0.39 is 11.7 Å². The van der Waals surface area contributed by atoms with E-state index in [4.69, 9.17) is 4.42 Å². The molecule has 0 bridgehead atoms. The Hall–Kier alpha value is -2.64. The minimum absolute atomic E-state index is 0.322. The van der Waals surface area contributed by atoms with Crippen molar-refractivity contribution in [2.75, 3.05) is 11.4 Å². The first-order valence-corrected chi connectivity index (χ1v) is 7.42. The van der Waals surface area contributed by atoms with Crippen LogP contribution in [-0.2, 0) is 19.1 Å². The van der Waals surface area contributed by atoms with E-state index >= 15 is 0 Å². The first kappa shape index (κ1) is 14.9. The van der Waals surface area contributed by atoms with Crippen molar-refractivity contribution in [1.29, 1.82) is 0 Å². The number of hydrogen-bond donors (Lipinski definition) is 0. The Labute approximate surface area is 135 Å². The van der Waals surface area contributed by atoms with E-state index in [1.54, 1.807) is 6.26 Å². The SMILES string of the molecule is Cc1coc2ncnc(N3CCc4ncc(C(F)(F)F)cc4C3)c12. The molecule has 0 aliphatic carbocycles. The molecule has 3 aromatic rings. The highest BCUT2D eigenvalue weighted by Crippen LogP contribution is 2.33. The standard InChI is InChI=1S/C16H13F3N4O/c1-9-7-24-15-13(9)14(21-8-22-15)23-3-2-12-10(6-23)4-11(5-20-12)16(17,18)19/h4-5,7-8H,2-3,6H2,1H3. The Morgan fingerprint density at radius 1 is 1.21 bits per heavy atom. The first-order valence-electron chi connectivity index (χ1n) is 7.42. The molecule has 5 nitrogen and oxygen atoms in total. The first-order chi connectivity index (χ1) is 11.4. The third-order valence-corrected chi connectivity index (χ3v) is 4.20. The Balaban J connectivity index is 1.74. The largest absolute Gasteiger partial charge is 0.446 e. The van der Waals surface area contributed by atoms with E-state index in [0.29, 0.717) is 42.3 Å². The Morgan fingerprint density at radius 3 is 2.83 bits per heavy atom. The van der Waals surface area contributed by atoms with Gasteiger partial charge in [-0.1, -0.05) is 0 Å². The topological polar surface area (TPSA) is 55.1 Å². The highest BCUT2D eigenvalue weighted by molar-refractivity contribution is 5.89. The van der Waals surface area contributed by atoms with Crippen LogP contribution in [0.15, 0.2) is 29.3 Å². The number of aromatic nitrogens is 3. The van der Waals surface area contributed by atoms with E-state index in [1.165, 1.54) is 12.4 Å². The lowest BCUT2D eigenvalue weighted by Gasteiger charge is -2.29.